The molecule has 6 heteroatoms. The first-order chi connectivity index (χ1) is 9.06. The van der Waals surface area contributed by atoms with E-state index in [0.29, 0.717) is 20.2 Å². The van der Waals surface area contributed by atoms with Crippen molar-refractivity contribution in [3.05, 3.63) is 44.1 Å². The number of thiophene rings is 1. The summed E-state index contributed by atoms with van der Waals surface area (Å²) in [6, 6.07) is 6.88. The summed E-state index contributed by atoms with van der Waals surface area (Å²) in [5.41, 5.74) is 7.87. The Bertz CT molecular complexity index is 586. The molecule has 2 N–H and O–H groups in total. The van der Waals surface area contributed by atoms with Gasteiger partial charge >= 0.3 is 0 Å². The van der Waals surface area contributed by atoms with Gasteiger partial charge in [0.15, 0.2) is 0 Å². The van der Waals surface area contributed by atoms with Gasteiger partial charge in [0.25, 0.3) is 0 Å². The highest BCUT2D eigenvalue weighted by atomic mass is 35.5. The summed E-state index contributed by atoms with van der Waals surface area (Å²) in [5.74, 6) is 1.37. The number of hydrogen-bond donors (Lipinski definition) is 1. The van der Waals surface area contributed by atoms with Crippen LogP contribution in [0.15, 0.2) is 24.3 Å². The molecule has 0 aliphatic heterocycles. The zero-order valence-corrected chi connectivity index (χ0v) is 12.8. The summed E-state index contributed by atoms with van der Waals surface area (Å²) < 4.78 is 11.7. The minimum Gasteiger partial charge on any atom is -0.497 e. The van der Waals surface area contributed by atoms with Crippen molar-refractivity contribution in [1.29, 1.82) is 0 Å². The smallest absolute Gasteiger partial charge is 0.127 e. The fraction of sp³-hybridized carbons (Fsp3) is 0.231. The number of nitrogens with two attached hydrogens (primary N) is 1. The van der Waals surface area contributed by atoms with Crippen LogP contribution in [0.1, 0.15) is 17.2 Å². The van der Waals surface area contributed by atoms with Crippen molar-refractivity contribution in [1.82, 2.24) is 0 Å². The molecule has 2 rings (SSSR count). The number of ether oxygens (including phenoxy) is 2. The van der Waals surface area contributed by atoms with E-state index >= 15 is 0 Å². The van der Waals surface area contributed by atoms with E-state index in [2.05, 4.69) is 0 Å². The van der Waals surface area contributed by atoms with Crippen molar-refractivity contribution in [3.8, 4) is 11.5 Å². The lowest BCUT2D eigenvalue weighted by atomic mass is 10.0. The predicted octanol–water partition coefficient (Wildman–Crippen LogP) is 4.12. The maximum atomic E-state index is 6.24. The maximum Gasteiger partial charge on any atom is 0.127 e. The minimum absolute atomic E-state index is 0.392. The zero-order valence-electron chi connectivity index (χ0n) is 10.4. The van der Waals surface area contributed by atoms with Crippen molar-refractivity contribution >= 4 is 34.5 Å². The number of halogens is 2. The van der Waals surface area contributed by atoms with E-state index < -0.39 is 6.04 Å². The van der Waals surface area contributed by atoms with Crippen LogP contribution in [0.4, 0.5) is 0 Å². The molecule has 3 nitrogen and oxygen atoms in total. The second-order valence-electron chi connectivity index (χ2n) is 3.87. The van der Waals surface area contributed by atoms with Gasteiger partial charge in [-0.25, -0.2) is 0 Å². The highest BCUT2D eigenvalue weighted by Gasteiger charge is 2.19. The van der Waals surface area contributed by atoms with Crippen molar-refractivity contribution in [2.24, 2.45) is 5.73 Å². The number of hydrogen-bond acceptors (Lipinski definition) is 4. The van der Waals surface area contributed by atoms with E-state index in [1.807, 2.05) is 12.1 Å². The van der Waals surface area contributed by atoms with Gasteiger partial charge in [0.2, 0.25) is 0 Å². The van der Waals surface area contributed by atoms with Gasteiger partial charge in [-0.05, 0) is 18.2 Å². The first kappa shape index (κ1) is 14.5. The fourth-order valence-electron chi connectivity index (χ4n) is 1.81. The van der Waals surface area contributed by atoms with Gasteiger partial charge < -0.3 is 15.2 Å². The molecular weight excluding hydrogens is 305 g/mol. The van der Waals surface area contributed by atoms with Crippen LogP contribution in [0.2, 0.25) is 8.67 Å². The Morgan fingerprint density at radius 3 is 2.37 bits per heavy atom. The molecule has 0 saturated carbocycles. The number of rotatable bonds is 4. The predicted molar refractivity (Wildman–Crippen MR) is 79.9 cm³/mol. The van der Waals surface area contributed by atoms with Gasteiger partial charge in [-0.15, -0.1) is 11.3 Å². The molecular formula is C13H13Cl2NO2S. The van der Waals surface area contributed by atoms with Gasteiger partial charge in [-0.1, -0.05) is 23.2 Å². The summed E-state index contributed by atoms with van der Waals surface area (Å²) in [5, 5.41) is 0. The molecule has 102 valence electrons. The lowest BCUT2D eigenvalue weighted by Crippen LogP contribution is -2.12. The lowest BCUT2D eigenvalue weighted by Gasteiger charge is -2.16. The van der Waals surface area contributed by atoms with Crippen LogP contribution in [-0.2, 0) is 0 Å². The molecule has 0 fully saturated rings. The Morgan fingerprint density at radius 1 is 1.11 bits per heavy atom. The quantitative estimate of drug-likeness (QED) is 0.922. The van der Waals surface area contributed by atoms with Gasteiger partial charge in [0.05, 0.1) is 28.9 Å². The Balaban J connectivity index is 2.43. The molecule has 1 heterocycles. The molecule has 19 heavy (non-hydrogen) atoms. The standard InChI is InChI=1S/C13H13Cl2NO2S/c1-17-7-3-4-8(10(5-7)18-2)12(16)9-6-11(14)19-13(9)15/h3-6,12H,16H2,1-2H3. The SMILES string of the molecule is COc1ccc(C(N)c2cc(Cl)sc2Cl)c(OC)c1. The van der Waals surface area contributed by atoms with Crippen LogP contribution >= 0.6 is 34.5 Å². The van der Waals surface area contributed by atoms with Crippen LogP contribution in [0.5, 0.6) is 11.5 Å². The molecule has 0 amide bonds. The molecule has 1 atom stereocenters. The number of methoxy groups -OCH3 is 2. The van der Waals surface area contributed by atoms with Crippen LogP contribution in [0.3, 0.4) is 0 Å². The highest BCUT2D eigenvalue weighted by Crippen LogP contribution is 2.39. The average molecular weight is 318 g/mol. The van der Waals surface area contributed by atoms with Gasteiger partial charge in [-0.3, -0.25) is 0 Å². The van der Waals surface area contributed by atoms with E-state index in [1.165, 1.54) is 11.3 Å². The second kappa shape index (κ2) is 6.01. The third-order valence-corrected chi connectivity index (χ3v) is 4.31. The fourth-order valence-corrected chi connectivity index (χ4v) is 3.36. The largest absolute Gasteiger partial charge is 0.497 e. The molecule has 0 spiro atoms. The maximum absolute atomic E-state index is 6.24. The summed E-state index contributed by atoms with van der Waals surface area (Å²) in [7, 11) is 3.19. The van der Waals surface area contributed by atoms with Gasteiger partial charge in [0.1, 0.15) is 11.5 Å². The van der Waals surface area contributed by atoms with Crippen LogP contribution in [-0.4, -0.2) is 14.2 Å². The third kappa shape index (κ3) is 2.98. The molecule has 0 radical (unpaired) electrons. The molecule has 0 aliphatic carbocycles. The van der Waals surface area contributed by atoms with E-state index in [0.717, 1.165) is 11.1 Å². The van der Waals surface area contributed by atoms with E-state index in [4.69, 9.17) is 38.4 Å². The minimum atomic E-state index is -0.392. The molecule has 1 aromatic carbocycles. The first-order valence-corrected chi connectivity index (χ1v) is 7.06. The van der Waals surface area contributed by atoms with Crippen LogP contribution < -0.4 is 15.2 Å². The van der Waals surface area contributed by atoms with E-state index in [1.54, 1.807) is 26.4 Å². The van der Waals surface area contributed by atoms with Crippen molar-refractivity contribution in [2.75, 3.05) is 14.2 Å². The third-order valence-electron chi connectivity index (χ3n) is 2.79. The van der Waals surface area contributed by atoms with Crippen molar-refractivity contribution in [3.63, 3.8) is 0 Å². The van der Waals surface area contributed by atoms with Crippen LogP contribution in [0, 0.1) is 0 Å². The summed E-state index contributed by atoms with van der Waals surface area (Å²) in [6.45, 7) is 0. The Morgan fingerprint density at radius 2 is 1.84 bits per heavy atom. The summed E-state index contributed by atoms with van der Waals surface area (Å²) >= 11 is 13.4. The van der Waals surface area contributed by atoms with Crippen molar-refractivity contribution < 1.29 is 9.47 Å². The summed E-state index contributed by atoms with van der Waals surface area (Å²) in [6.07, 6.45) is 0. The molecule has 0 bridgehead atoms. The van der Waals surface area contributed by atoms with Gasteiger partial charge in [-0.2, -0.15) is 0 Å². The molecule has 1 aromatic heterocycles. The number of benzene rings is 1. The Hall–Kier alpha value is -0.940. The van der Waals surface area contributed by atoms with E-state index in [9.17, 15) is 0 Å². The van der Waals surface area contributed by atoms with Crippen LogP contribution in [0.25, 0.3) is 0 Å². The normalized spacial score (nSPS) is 12.3. The van der Waals surface area contributed by atoms with Crippen molar-refractivity contribution in [2.45, 2.75) is 6.04 Å². The monoisotopic (exact) mass is 317 g/mol. The van der Waals surface area contributed by atoms with Gasteiger partial charge in [0, 0.05) is 17.2 Å². The highest BCUT2D eigenvalue weighted by molar-refractivity contribution is 7.20. The zero-order chi connectivity index (χ0) is 14.0. The first-order valence-electron chi connectivity index (χ1n) is 5.49. The molecule has 2 aromatic rings. The average Bonchev–Trinajstić information content (AvgIpc) is 2.76. The molecule has 0 saturated heterocycles. The second-order valence-corrected chi connectivity index (χ2v) is 6.15. The molecule has 0 aliphatic rings. The lowest BCUT2D eigenvalue weighted by molar-refractivity contribution is 0.390. The Labute approximate surface area is 125 Å². The summed E-state index contributed by atoms with van der Waals surface area (Å²) in [4.78, 5) is 0. The molecule has 1 unspecified atom stereocenters. The Kier molecular flexibility index (Phi) is 4.58. The van der Waals surface area contributed by atoms with E-state index in [-0.39, 0.29) is 0 Å². The topological polar surface area (TPSA) is 44.5 Å².